The number of rotatable bonds is 3. The molecular weight excluding hydrogens is 220 g/mol. The summed E-state index contributed by atoms with van der Waals surface area (Å²) < 4.78 is 10.7. The van der Waals surface area contributed by atoms with Crippen LogP contribution < -0.4 is 10.6 Å². The van der Waals surface area contributed by atoms with Crippen molar-refractivity contribution >= 4 is 5.91 Å². The first kappa shape index (κ1) is 12.8. The van der Waals surface area contributed by atoms with Crippen LogP contribution in [0.4, 0.5) is 0 Å². The van der Waals surface area contributed by atoms with Crippen LogP contribution in [0.2, 0.25) is 0 Å². The molecule has 0 radical (unpaired) electrons. The molecule has 1 spiro atoms. The van der Waals surface area contributed by atoms with Crippen molar-refractivity contribution < 1.29 is 14.3 Å². The van der Waals surface area contributed by atoms with Crippen molar-refractivity contribution in [2.45, 2.75) is 37.3 Å². The van der Waals surface area contributed by atoms with Crippen molar-refractivity contribution in [3.05, 3.63) is 0 Å². The van der Waals surface area contributed by atoms with Crippen LogP contribution in [-0.4, -0.2) is 51.0 Å². The molecule has 2 fully saturated rings. The first-order valence-corrected chi connectivity index (χ1v) is 6.37. The van der Waals surface area contributed by atoms with Crippen molar-refractivity contribution in [3.8, 4) is 0 Å². The van der Waals surface area contributed by atoms with Gasteiger partial charge in [0.2, 0.25) is 5.91 Å². The summed E-state index contributed by atoms with van der Waals surface area (Å²) in [5.41, 5.74) is 0.0285. The number of ether oxygens (including phenoxy) is 2. The molecule has 0 bridgehead atoms. The molecule has 98 valence electrons. The second-order valence-electron chi connectivity index (χ2n) is 4.98. The van der Waals surface area contributed by atoms with E-state index in [4.69, 9.17) is 9.47 Å². The molecule has 1 heterocycles. The molecule has 1 aliphatic carbocycles. The standard InChI is InChI=1S/C12H22N2O3/c1-16-8-11(15)14-10-2-4-12(5-3-10)9-13-6-7-17-12/h10,13H,2-9H2,1H3,(H,14,15). The molecule has 0 atom stereocenters. The van der Waals surface area contributed by atoms with Gasteiger partial charge in [-0.15, -0.1) is 0 Å². The third kappa shape index (κ3) is 3.40. The van der Waals surface area contributed by atoms with Gasteiger partial charge < -0.3 is 20.1 Å². The Bertz CT molecular complexity index is 254. The predicted molar refractivity (Wildman–Crippen MR) is 63.8 cm³/mol. The van der Waals surface area contributed by atoms with Gasteiger partial charge in [-0.1, -0.05) is 0 Å². The quantitative estimate of drug-likeness (QED) is 0.734. The van der Waals surface area contributed by atoms with E-state index in [2.05, 4.69) is 10.6 Å². The molecule has 5 heteroatoms. The molecule has 1 saturated carbocycles. The molecule has 1 aliphatic heterocycles. The fraction of sp³-hybridized carbons (Fsp3) is 0.917. The summed E-state index contributed by atoms with van der Waals surface area (Å²) in [6.45, 7) is 2.86. The molecular formula is C12H22N2O3. The van der Waals surface area contributed by atoms with Gasteiger partial charge in [-0.2, -0.15) is 0 Å². The average Bonchev–Trinajstić information content (AvgIpc) is 2.34. The van der Waals surface area contributed by atoms with E-state index in [1.54, 1.807) is 0 Å². The van der Waals surface area contributed by atoms with Gasteiger partial charge in [0, 0.05) is 26.2 Å². The summed E-state index contributed by atoms with van der Waals surface area (Å²) in [6, 6.07) is 0.286. The number of amides is 1. The van der Waals surface area contributed by atoms with Crippen LogP contribution >= 0.6 is 0 Å². The topological polar surface area (TPSA) is 59.6 Å². The van der Waals surface area contributed by atoms with Crippen LogP contribution in [-0.2, 0) is 14.3 Å². The number of carbonyl (C=O) groups excluding carboxylic acids is 1. The molecule has 1 amide bonds. The fourth-order valence-electron chi connectivity index (χ4n) is 2.72. The Morgan fingerprint density at radius 3 is 2.88 bits per heavy atom. The van der Waals surface area contributed by atoms with Crippen LogP contribution in [0.3, 0.4) is 0 Å². The van der Waals surface area contributed by atoms with E-state index in [1.165, 1.54) is 7.11 Å². The molecule has 2 N–H and O–H groups in total. The summed E-state index contributed by atoms with van der Waals surface area (Å²) in [5, 5.41) is 6.39. The highest BCUT2D eigenvalue weighted by atomic mass is 16.5. The van der Waals surface area contributed by atoms with E-state index in [1.807, 2.05) is 0 Å². The number of nitrogens with one attached hydrogen (secondary N) is 2. The summed E-state index contributed by atoms with van der Waals surface area (Å²) >= 11 is 0. The van der Waals surface area contributed by atoms with Crippen molar-refractivity contribution in [1.82, 2.24) is 10.6 Å². The highest BCUT2D eigenvalue weighted by Gasteiger charge is 2.37. The maximum atomic E-state index is 11.4. The molecule has 2 rings (SSSR count). The normalized spacial score (nSPS) is 33.6. The van der Waals surface area contributed by atoms with E-state index in [0.29, 0.717) is 0 Å². The molecule has 17 heavy (non-hydrogen) atoms. The molecule has 0 aromatic rings. The van der Waals surface area contributed by atoms with Crippen LogP contribution in [0.15, 0.2) is 0 Å². The predicted octanol–water partition coefficient (Wildman–Crippen LogP) is 0.0502. The molecule has 5 nitrogen and oxygen atoms in total. The van der Waals surface area contributed by atoms with Gasteiger partial charge in [-0.05, 0) is 25.7 Å². The zero-order valence-corrected chi connectivity index (χ0v) is 10.5. The lowest BCUT2D eigenvalue weighted by Gasteiger charge is -2.43. The number of carbonyl (C=O) groups is 1. The van der Waals surface area contributed by atoms with Crippen molar-refractivity contribution in [1.29, 1.82) is 0 Å². The van der Waals surface area contributed by atoms with Crippen LogP contribution in [0.25, 0.3) is 0 Å². The zero-order valence-electron chi connectivity index (χ0n) is 10.5. The van der Waals surface area contributed by atoms with Crippen LogP contribution in [0.5, 0.6) is 0 Å². The maximum absolute atomic E-state index is 11.4. The second-order valence-corrected chi connectivity index (χ2v) is 4.98. The fourth-order valence-corrected chi connectivity index (χ4v) is 2.72. The van der Waals surface area contributed by atoms with Gasteiger partial charge in [0.05, 0.1) is 12.2 Å². The summed E-state index contributed by atoms with van der Waals surface area (Å²) in [7, 11) is 1.54. The smallest absolute Gasteiger partial charge is 0.246 e. The Hall–Kier alpha value is -0.650. The largest absolute Gasteiger partial charge is 0.375 e. The molecule has 2 aliphatic rings. The monoisotopic (exact) mass is 242 g/mol. The van der Waals surface area contributed by atoms with Crippen molar-refractivity contribution in [2.75, 3.05) is 33.4 Å². The Morgan fingerprint density at radius 1 is 1.53 bits per heavy atom. The average molecular weight is 242 g/mol. The number of methoxy groups -OCH3 is 1. The molecule has 0 aromatic heterocycles. The minimum atomic E-state index is -0.0175. The van der Waals surface area contributed by atoms with Crippen molar-refractivity contribution in [3.63, 3.8) is 0 Å². The first-order chi connectivity index (χ1) is 8.24. The Labute approximate surface area is 102 Å². The van der Waals surface area contributed by atoms with Gasteiger partial charge in [0.25, 0.3) is 0 Å². The van der Waals surface area contributed by atoms with Crippen molar-refractivity contribution in [2.24, 2.45) is 0 Å². The van der Waals surface area contributed by atoms with Gasteiger partial charge >= 0.3 is 0 Å². The lowest BCUT2D eigenvalue weighted by Crippen LogP contribution is -2.54. The number of morpholine rings is 1. The van der Waals surface area contributed by atoms with Gasteiger partial charge in [-0.3, -0.25) is 4.79 Å². The highest BCUT2D eigenvalue weighted by molar-refractivity contribution is 5.77. The Balaban J connectivity index is 1.75. The van der Waals surface area contributed by atoms with Gasteiger partial charge in [-0.25, -0.2) is 0 Å². The van der Waals surface area contributed by atoms with E-state index in [0.717, 1.165) is 45.4 Å². The van der Waals surface area contributed by atoms with E-state index < -0.39 is 0 Å². The second kappa shape index (κ2) is 5.80. The van der Waals surface area contributed by atoms with Gasteiger partial charge in [0.1, 0.15) is 6.61 Å². The number of hydrogen-bond donors (Lipinski definition) is 2. The lowest BCUT2D eigenvalue weighted by molar-refractivity contribution is -0.127. The number of hydrogen-bond acceptors (Lipinski definition) is 4. The lowest BCUT2D eigenvalue weighted by atomic mass is 9.81. The third-order valence-corrected chi connectivity index (χ3v) is 3.67. The third-order valence-electron chi connectivity index (χ3n) is 3.67. The SMILES string of the molecule is COCC(=O)NC1CCC2(CC1)CNCCO2. The molecule has 0 aromatic carbocycles. The Morgan fingerprint density at radius 2 is 2.29 bits per heavy atom. The Kier molecular flexibility index (Phi) is 4.36. The molecule has 1 saturated heterocycles. The van der Waals surface area contributed by atoms with E-state index >= 15 is 0 Å². The van der Waals surface area contributed by atoms with Gasteiger partial charge in [0.15, 0.2) is 0 Å². The van der Waals surface area contributed by atoms with Crippen LogP contribution in [0, 0.1) is 0 Å². The highest BCUT2D eigenvalue weighted by Crippen LogP contribution is 2.32. The first-order valence-electron chi connectivity index (χ1n) is 6.37. The van der Waals surface area contributed by atoms with E-state index in [9.17, 15) is 4.79 Å². The van der Waals surface area contributed by atoms with Crippen LogP contribution in [0.1, 0.15) is 25.7 Å². The minimum Gasteiger partial charge on any atom is -0.375 e. The summed E-state index contributed by atoms with van der Waals surface area (Å²) in [6.07, 6.45) is 4.05. The summed E-state index contributed by atoms with van der Waals surface area (Å²) in [5.74, 6) is -0.0175. The maximum Gasteiger partial charge on any atom is 0.246 e. The molecule has 0 unspecified atom stereocenters. The minimum absolute atomic E-state index is 0.0175. The summed E-state index contributed by atoms with van der Waals surface area (Å²) in [4.78, 5) is 11.4. The van der Waals surface area contributed by atoms with E-state index in [-0.39, 0.29) is 24.2 Å². The zero-order chi connectivity index (χ0) is 12.1.